The summed E-state index contributed by atoms with van der Waals surface area (Å²) in [5.41, 5.74) is 1.81. The first kappa shape index (κ1) is 8.74. The number of pyridine rings is 1. The van der Waals surface area contributed by atoms with Crippen LogP contribution < -0.4 is 4.74 Å². The van der Waals surface area contributed by atoms with Gasteiger partial charge in [0.05, 0.1) is 7.11 Å². The zero-order valence-corrected chi connectivity index (χ0v) is 8.11. The topological polar surface area (TPSA) is 50.8 Å². The zero-order valence-electron chi connectivity index (χ0n) is 8.11. The first-order valence-electron chi connectivity index (χ1n) is 4.32. The summed E-state index contributed by atoms with van der Waals surface area (Å²) in [6.07, 6.45) is 1.77. The van der Waals surface area contributed by atoms with E-state index in [1.54, 1.807) is 19.4 Å². The van der Waals surface area contributed by atoms with E-state index in [0.29, 0.717) is 5.88 Å². The number of rotatable bonds is 2. The molecular formula is C10H11N3O. The van der Waals surface area contributed by atoms with Crippen LogP contribution in [0.15, 0.2) is 24.4 Å². The fourth-order valence-corrected chi connectivity index (χ4v) is 1.20. The Balaban J connectivity index is 2.41. The predicted octanol–water partition coefficient (Wildman–Crippen LogP) is 1.79. The predicted molar refractivity (Wildman–Crippen MR) is 53.1 cm³/mol. The second kappa shape index (κ2) is 3.49. The van der Waals surface area contributed by atoms with Gasteiger partial charge < -0.3 is 9.72 Å². The number of imidazole rings is 1. The van der Waals surface area contributed by atoms with Crippen LogP contribution in [0.2, 0.25) is 0 Å². The van der Waals surface area contributed by atoms with Crippen LogP contribution in [-0.2, 0) is 0 Å². The Hall–Kier alpha value is -1.84. The molecule has 4 heteroatoms. The van der Waals surface area contributed by atoms with Crippen molar-refractivity contribution in [1.82, 2.24) is 15.0 Å². The zero-order chi connectivity index (χ0) is 9.97. The van der Waals surface area contributed by atoms with Crippen molar-refractivity contribution in [2.75, 3.05) is 7.11 Å². The van der Waals surface area contributed by atoms with Crippen molar-refractivity contribution in [2.24, 2.45) is 0 Å². The van der Waals surface area contributed by atoms with Crippen LogP contribution in [0, 0.1) is 6.92 Å². The summed E-state index contributed by atoms with van der Waals surface area (Å²) in [5.74, 6) is 1.36. The lowest BCUT2D eigenvalue weighted by molar-refractivity contribution is 0.398. The Morgan fingerprint density at radius 3 is 2.86 bits per heavy atom. The summed E-state index contributed by atoms with van der Waals surface area (Å²) in [5, 5.41) is 0. The Bertz CT molecular complexity index is 436. The number of hydrogen-bond donors (Lipinski definition) is 1. The maximum atomic E-state index is 5.03. The molecule has 1 N–H and O–H groups in total. The van der Waals surface area contributed by atoms with Crippen LogP contribution in [0.4, 0.5) is 0 Å². The highest BCUT2D eigenvalue weighted by molar-refractivity contribution is 5.50. The average molecular weight is 189 g/mol. The van der Waals surface area contributed by atoms with Gasteiger partial charge >= 0.3 is 0 Å². The van der Waals surface area contributed by atoms with E-state index in [4.69, 9.17) is 4.74 Å². The molecule has 0 aromatic carbocycles. The molecule has 0 aliphatic rings. The largest absolute Gasteiger partial charge is 0.481 e. The molecule has 2 heterocycles. The highest BCUT2D eigenvalue weighted by atomic mass is 16.5. The molecule has 0 aliphatic heterocycles. The molecular weight excluding hydrogens is 178 g/mol. The number of hydrogen-bond acceptors (Lipinski definition) is 3. The van der Waals surface area contributed by atoms with Gasteiger partial charge in [0.15, 0.2) is 5.82 Å². The van der Waals surface area contributed by atoms with Crippen molar-refractivity contribution < 1.29 is 4.74 Å². The molecule has 72 valence electrons. The molecule has 0 saturated heterocycles. The second-order valence-corrected chi connectivity index (χ2v) is 2.98. The smallest absolute Gasteiger partial charge is 0.213 e. The van der Waals surface area contributed by atoms with E-state index in [2.05, 4.69) is 15.0 Å². The fourth-order valence-electron chi connectivity index (χ4n) is 1.20. The highest BCUT2D eigenvalue weighted by Gasteiger charge is 2.03. The molecule has 0 saturated carbocycles. The molecule has 2 aromatic rings. The Kier molecular flexibility index (Phi) is 2.18. The lowest BCUT2D eigenvalue weighted by Crippen LogP contribution is -1.90. The van der Waals surface area contributed by atoms with Crippen LogP contribution in [0.5, 0.6) is 5.88 Å². The molecule has 2 rings (SSSR count). The highest BCUT2D eigenvalue weighted by Crippen LogP contribution is 2.15. The number of aromatic amines is 1. The summed E-state index contributed by atoms with van der Waals surface area (Å²) in [6.45, 7) is 1.96. The van der Waals surface area contributed by atoms with Gasteiger partial charge in [0.1, 0.15) is 5.69 Å². The number of H-pyrrole nitrogens is 1. The van der Waals surface area contributed by atoms with Gasteiger partial charge in [-0.3, -0.25) is 0 Å². The minimum absolute atomic E-state index is 0.594. The van der Waals surface area contributed by atoms with E-state index in [1.165, 1.54) is 0 Å². The van der Waals surface area contributed by atoms with E-state index < -0.39 is 0 Å². The Morgan fingerprint density at radius 1 is 1.36 bits per heavy atom. The monoisotopic (exact) mass is 189 g/mol. The van der Waals surface area contributed by atoms with Crippen LogP contribution in [-0.4, -0.2) is 22.1 Å². The number of ether oxygens (including phenoxy) is 1. The molecule has 4 nitrogen and oxygen atoms in total. The second-order valence-electron chi connectivity index (χ2n) is 2.98. The minimum atomic E-state index is 0.594. The van der Waals surface area contributed by atoms with Crippen LogP contribution in [0.1, 0.15) is 5.69 Å². The van der Waals surface area contributed by atoms with E-state index in [-0.39, 0.29) is 0 Å². The van der Waals surface area contributed by atoms with Crippen molar-refractivity contribution in [3.63, 3.8) is 0 Å². The first-order valence-corrected chi connectivity index (χ1v) is 4.32. The summed E-state index contributed by atoms with van der Waals surface area (Å²) < 4.78 is 5.03. The van der Waals surface area contributed by atoms with E-state index in [1.807, 2.05) is 19.1 Å². The van der Waals surface area contributed by atoms with E-state index in [0.717, 1.165) is 17.2 Å². The average Bonchev–Trinajstić information content (AvgIpc) is 2.65. The molecule has 0 bridgehead atoms. The maximum Gasteiger partial charge on any atom is 0.213 e. The number of nitrogens with zero attached hydrogens (tertiary/aromatic N) is 2. The SMILES string of the molecule is COc1cccc(-c2ncc(C)[nH]2)n1. The third-order valence-corrected chi connectivity index (χ3v) is 1.88. The Labute approximate surface area is 82.0 Å². The van der Waals surface area contributed by atoms with Crippen LogP contribution in [0.25, 0.3) is 11.5 Å². The number of nitrogens with one attached hydrogen (secondary N) is 1. The third kappa shape index (κ3) is 1.59. The van der Waals surface area contributed by atoms with Gasteiger partial charge in [-0.05, 0) is 13.0 Å². The molecule has 0 radical (unpaired) electrons. The van der Waals surface area contributed by atoms with Gasteiger partial charge in [-0.15, -0.1) is 0 Å². The van der Waals surface area contributed by atoms with Crippen LogP contribution >= 0.6 is 0 Å². The van der Waals surface area contributed by atoms with Crippen molar-refractivity contribution in [3.05, 3.63) is 30.1 Å². The number of aromatic nitrogens is 3. The van der Waals surface area contributed by atoms with E-state index >= 15 is 0 Å². The standard InChI is InChI=1S/C10H11N3O/c1-7-6-11-10(12-7)8-4-3-5-9(13-8)14-2/h3-6H,1-2H3,(H,11,12). The van der Waals surface area contributed by atoms with Crippen molar-refractivity contribution in [1.29, 1.82) is 0 Å². The minimum Gasteiger partial charge on any atom is -0.481 e. The summed E-state index contributed by atoms with van der Waals surface area (Å²) in [4.78, 5) is 11.6. The quantitative estimate of drug-likeness (QED) is 0.783. The van der Waals surface area contributed by atoms with E-state index in [9.17, 15) is 0 Å². The normalized spacial score (nSPS) is 10.1. The van der Waals surface area contributed by atoms with Crippen molar-refractivity contribution in [3.8, 4) is 17.4 Å². The Morgan fingerprint density at radius 2 is 2.21 bits per heavy atom. The summed E-state index contributed by atoms with van der Waals surface area (Å²) >= 11 is 0. The molecule has 0 fully saturated rings. The van der Waals surface area contributed by atoms with Gasteiger partial charge in [-0.25, -0.2) is 9.97 Å². The molecule has 2 aromatic heterocycles. The lowest BCUT2D eigenvalue weighted by Gasteiger charge is -1.99. The van der Waals surface area contributed by atoms with Crippen LogP contribution in [0.3, 0.4) is 0 Å². The summed E-state index contributed by atoms with van der Waals surface area (Å²) in [7, 11) is 1.60. The van der Waals surface area contributed by atoms with Gasteiger partial charge in [-0.2, -0.15) is 0 Å². The maximum absolute atomic E-state index is 5.03. The molecule has 0 amide bonds. The first-order chi connectivity index (χ1) is 6.79. The fraction of sp³-hybridized carbons (Fsp3) is 0.200. The van der Waals surface area contributed by atoms with Crippen molar-refractivity contribution in [2.45, 2.75) is 6.92 Å². The molecule has 0 unspecified atom stereocenters. The van der Waals surface area contributed by atoms with Crippen molar-refractivity contribution >= 4 is 0 Å². The number of methoxy groups -OCH3 is 1. The number of aryl methyl sites for hydroxylation is 1. The molecule has 14 heavy (non-hydrogen) atoms. The van der Waals surface area contributed by atoms with Gasteiger partial charge in [0.25, 0.3) is 0 Å². The third-order valence-electron chi connectivity index (χ3n) is 1.88. The molecule has 0 atom stereocenters. The molecule has 0 spiro atoms. The molecule has 0 aliphatic carbocycles. The summed E-state index contributed by atoms with van der Waals surface area (Å²) in [6, 6.07) is 5.58. The lowest BCUT2D eigenvalue weighted by atomic mass is 10.3. The van der Waals surface area contributed by atoms with Gasteiger partial charge in [0.2, 0.25) is 5.88 Å². The van der Waals surface area contributed by atoms with Gasteiger partial charge in [-0.1, -0.05) is 6.07 Å². The van der Waals surface area contributed by atoms with Gasteiger partial charge in [0, 0.05) is 18.0 Å².